The highest BCUT2D eigenvalue weighted by Crippen LogP contribution is 2.19. The van der Waals surface area contributed by atoms with Gasteiger partial charge >= 0.3 is 0 Å². The minimum atomic E-state index is 0. The second-order valence-electron chi connectivity index (χ2n) is 8.23. The van der Waals surface area contributed by atoms with Crippen LogP contribution in [0.2, 0.25) is 0 Å². The van der Waals surface area contributed by atoms with Crippen molar-refractivity contribution in [1.29, 1.82) is 0 Å². The molecule has 1 aromatic heterocycles. The van der Waals surface area contributed by atoms with Gasteiger partial charge < -0.3 is 15.5 Å². The second kappa shape index (κ2) is 14.7. The fraction of sp³-hybridized carbons (Fsp3) is 0.583. The Hall–Kier alpha value is -1.39. The maximum absolute atomic E-state index is 4.60. The molecule has 178 valence electrons. The van der Waals surface area contributed by atoms with Crippen LogP contribution in [-0.4, -0.2) is 62.2 Å². The molecular formula is C24H39IN6S. The highest BCUT2D eigenvalue weighted by molar-refractivity contribution is 14.0. The van der Waals surface area contributed by atoms with Crippen LogP contribution in [0, 0.1) is 12.8 Å². The summed E-state index contributed by atoms with van der Waals surface area (Å²) in [4.78, 5) is 14.0. The number of hydrogen-bond donors (Lipinski definition) is 2. The summed E-state index contributed by atoms with van der Waals surface area (Å²) in [5, 5.41) is 10.4. The summed E-state index contributed by atoms with van der Waals surface area (Å²) in [5.74, 6) is 1.63. The monoisotopic (exact) mass is 570 g/mol. The van der Waals surface area contributed by atoms with E-state index in [-0.39, 0.29) is 24.0 Å². The van der Waals surface area contributed by atoms with Gasteiger partial charge in [-0.2, -0.15) is 0 Å². The number of rotatable bonds is 10. The lowest BCUT2D eigenvalue weighted by Gasteiger charge is -2.31. The Morgan fingerprint density at radius 1 is 1.22 bits per heavy atom. The van der Waals surface area contributed by atoms with Crippen LogP contribution in [0.1, 0.15) is 36.9 Å². The molecule has 1 aliphatic heterocycles. The van der Waals surface area contributed by atoms with Gasteiger partial charge in [0.2, 0.25) is 0 Å². The second-order valence-corrected chi connectivity index (χ2v) is 9.29. The van der Waals surface area contributed by atoms with E-state index < -0.39 is 0 Å². The predicted molar refractivity (Wildman–Crippen MR) is 149 cm³/mol. The molecule has 8 heteroatoms. The van der Waals surface area contributed by atoms with Crippen molar-refractivity contribution >= 4 is 47.0 Å². The number of hydrogen-bond acceptors (Lipinski definition) is 5. The Morgan fingerprint density at radius 2 is 1.97 bits per heavy atom. The highest BCUT2D eigenvalue weighted by atomic mass is 127. The van der Waals surface area contributed by atoms with Gasteiger partial charge in [0, 0.05) is 50.8 Å². The zero-order valence-electron chi connectivity index (χ0n) is 19.7. The first-order valence-corrected chi connectivity index (χ1v) is 12.4. The molecule has 0 bridgehead atoms. The standard InChI is InChI=1S/C24H38N6S.HI/c1-4-30(23-9-6-5-7-10-23)14-8-13-26-24(25-3)27-17-21-11-15-29(16-12-21)18-22-19-31-20(2)28-22;/h5-7,9-10,19,21H,4,8,11-18H2,1-3H3,(H2,25,26,27);1H. The van der Waals surface area contributed by atoms with E-state index in [0.29, 0.717) is 5.92 Å². The molecule has 2 aromatic rings. The molecule has 2 N–H and O–H groups in total. The first-order chi connectivity index (χ1) is 15.2. The lowest BCUT2D eigenvalue weighted by molar-refractivity contribution is 0.176. The maximum atomic E-state index is 4.60. The van der Waals surface area contributed by atoms with E-state index in [0.717, 1.165) is 63.2 Å². The van der Waals surface area contributed by atoms with Crippen LogP contribution >= 0.6 is 35.3 Å². The molecule has 1 aromatic carbocycles. The Labute approximate surface area is 214 Å². The highest BCUT2D eigenvalue weighted by Gasteiger charge is 2.20. The molecule has 0 unspecified atom stereocenters. The predicted octanol–water partition coefficient (Wildman–Crippen LogP) is 4.36. The first kappa shape index (κ1) is 26.9. The number of aliphatic imine (C=N–C) groups is 1. The van der Waals surface area contributed by atoms with Crippen molar-refractivity contribution in [2.45, 2.75) is 39.7 Å². The number of aryl methyl sites for hydroxylation is 1. The van der Waals surface area contributed by atoms with Crippen molar-refractivity contribution < 1.29 is 0 Å². The Balaban J connectivity index is 0.00000363. The van der Waals surface area contributed by atoms with Gasteiger partial charge in [0.05, 0.1) is 10.7 Å². The number of aromatic nitrogens is 1. The molecule has 1 aliphatic rings. The fourth-order valence-electron chi connectivity index (χ4n) is 4.11. The zero-order chi connectivity index (χ0) is 21.9. The summed E-state index contributed by atoms with van der Waals surface area (Å²) < 4.78 is 0. The molecule has 3 rings (SSSR count). The molecule has 0 spiro atoms. The number of anilines is 1. The summed E-state index contributed by atoms with van der Waals surface area (Å²) in [7, 11) is 1.86. The molecular weight excluding hydrogens is 531 g/mol. The van der Waals surface area contributed by atoms with Crippen molar-refractivity contribution in [3.63, 3.8) is 0 Å². The van der Waals surface area contributed by atoms with Gasteiger partial charge in [0.15, 0.2) is 5.96 Å². The van der Waals surface area contributed by atoms with Crippen LogP contribution in [0.4, 0.5) is 5.69 Å². The molecule has 0 atom stereocenters. The first-order valence-electron chi connectivity index (χ1n) is 11.6. The average molecular weight is 571 g/mol. The normalized spacial score (nSPS) is 15.3. The lowest BCUT2D eigenvalue weighted by atomic mass is 9.97. The number of thiazole rings is 1. The van der Waals surface area contributed by atoms with Gasteiger partial charge in [0.25, 0.3) is 0 Å². The van der Waals surface area contributed by atoms with E-state index in [1.54, 1.807) is 11.3 Å². The number of benzene rings is 1. The quantitative estimate of drug-likeness (QED) is 0.193. The van der Waals surface area contributed by atoms with E-state index >= 15 is 0 Å². The van der Waals surface area contributed by atoms with Crippen molar-refractivity contribution in [2.75, 3.05) is 51.2 Å². The van der Waals surface area contributed by atoms with Crippen LogP contribution in [0.3, 0.4) is 0 Å². The third kappa shape index (κ3) is 8.86. The third-order valence-electron chi connectivity index (χ3n) is 5.94. The lowest BCUT2D eigenvalue weighted by Crippen LogP contribution is -2.43. The van der Waals surface area contributed by atoms with Crippen molar-refractivity contribution in [1.82, 2.24) is 20.5 Å². The van der Waals surface area contributed by atoms with Crippen molar-refractivity contribution in [3.8, 4) is 0 Å². The molecule has 1 saturated heterocycles. The van der Waals surface area contributed by atoms with E-state index in [4.69, 9.17) is 0 Å². The van der Waals surface area contributed by atoms with Gasteiger partial charge in [-0.25, -0.2) is 4.98 Å². The number of nitrogens with one attached hydrogen (secondary N) is 2. The van der Waals surface area contributed by atoms with Crippen LogP contribution in [0.25, 0.3) is 0 Å². The number of halogens is 1. The minimum absolute atomic E-state index is 0. The topological polar surface area (TPSA) is 55.8 Å². The van der Waals surface area contributed by atoms with Crippen molar-refractivity contribution in [3.05, 3.63) is 46.4 Å². The van der Waals surface area contributed by atoms with Crippen molar-refractivity contribution in [2.24, 2.45) is 10.9 Å². The SMILES string of the molecule is CCN(CCCNC(=NC)NCC1CCN(Cc2csc(C)n2)CC1)c1ccccc1.I. The third-order valence-corrected chi connectivity index (χ3v) is 6.76. The Bertz CT molecular complexity index is 789. The molecule has 1 fully saturated rings. The molecule has 32 heavy (non-hydrogen) atoms. The summed E-state index contributed by atoms with van der Waals surface area (Å²) in [5.41, 5.74) is 2.52. The van der Waals surface area contributed by atoms with E-state index in [2.05, 4.69) is 80.0 Å². The fourth-order valence-corrected chi connectivity index (χ4v) is 4.71. The summed E-state index contributed by atoms with van der Waals surface area (Å²) in [6, 6.07) is 10.6. The summed E-state index contributed by atoms with van der Waals surface area (Å²) in [6.07, 6.45) is 3.54. The van der Waals surface area contributed by atoms with Gasteiger partial charge in [-0.05, 0) is 64.3 Å². The summed E-state index contributed by atoms with van der Waals surface area (Å²) in [6.45, 7) is 11.6. The van der Waals surface area contributed by atoms with Gasteiger partial charge in [-0.3, -0.25) is 9.89 Å². The molecule has 0 radical (unpaired) electrons. The number of guanidine groups is 1. The molecule has 0 saturated carbocycles. The van der Waals surface area contributed by atoms with Crippen LogP contribution in [0.5, 0.6) is 0 Å². The van der Waals surface area contributed by atoms with Crippen LogP contribution in [0.15, 0.2) is 40.7 Å². The Kier molecular flexibility index (Phi) is 12.3. The summed E-state index contributed by atoms with van der Waals surface area (Å²) >= 11 is 1.75. The van der Waals surface area contributed by atoms with E-state index in [1.165, 1.54) is 24.2 Å². The maximum Gasteiger partial charge on any atom is 0.190 e. The van der Waals surface area contributed by atoms with Gasteiger partial charge in [-0.1, -0.05) is 18.2 Å². The molecule has 6 nitrogen and oxygen atoms in total. The Morgan fingerprint density at radius 3 is 2.59 bits per heavy atom. The molecule has 0 aliphatic carbocycles. The molecule has 2 heterocycles. The largest absolute Gasteiger partial charge is 0.372 e. The minimum Gasteiger partial charge on any atom is -0.372 e. The number of para-hydroxylation sites is 1. The van der Waals surface area contributed by atoms with Gasteiger partial charge in [0.1, 0.15) is 0 Å². The average Bonchev–Trinajstić information content (AvgIpc) is 3.22. The van der Waals surface area contributed by atoms with Crippen LogP contribution < -0.4 is 15.5 Å². The van der Waals surface area contributed by atoms with E-state index in [1.807, 2.05) is 7.05 Å². The van der Waals surface area contributed by atoms with Crippen LogP contribution in [-0.2, 0) is 6.54 Å². The smallest absolute Gasteiger partial charge is 0.190 e. The molecule has 0 amide bonds. The van der Waals surface area contributed by atoms with E-state index in [9.17, 15) is 0 Å². The number of piperidine rings is 1. The number of likely N-dealkylation sites (tertiary alicyclic amines) is 1. The zero-order valence-corrected chi connectivity index (χ0v) is 22.9. The number of nitrogens with zero attached hydrogens (tertiary/aromatic N) is 4. The van der Waals surface area contributed by atoms with Gasteiger partial charge in [-0.15, -0.1) is 35.3 Å².